The van der Waals surface area contributed by atoms with E-state index >= 15 is 0 Å². The van der Waals surface area contributed by atoms with Crippen LogP contribution in [0, 0.1) is 25.2 Å². The largest absolute Gasteiger partial charge is 0.308 e. The fourth-order valence-corrected chi connectivity index (χ4v) is 7.32. The molecule has 2 aromatic heterocycles. The van der Waals surface area contributed by atoms with E-state index in [0.717, 1.165) is 60.9 Å². The van der Waals surface area contributed by atoms with Gasteiger partial charge in [-0.05, 0) is 78.1 Å². The molecule has 0 aliphatic rings. The van der Waals surface area contributed by atoms with Gasteiger partial charge < -0.3 is 4.57 Å². The summed E-state index contributed by atoms with van der Waals surface area (Å²) in [5.74, 6) is 1.78. The van der Waals surface area contributed by atoms with E-state index in [4.69, 9.17) is 15.0 Å². The summed E-state index contributed by atoms with van der Waals surface area (Å²) >= 11 is 0. The predicted octanol–water partition coefficient (Wildman–Crippen LogP) is 11.8. The van der Waals surface area contributed by atoms with Crippen molar-refractivity contribution in [2.75, 3.05) is 0 Å². The van der Waals surface area contributed by atoms with Gasteiger partial charge >= 0.3 is 0 Å². The summed E-state index contributed by atoms with van der Waals surface area (Å²) in [6.45, 7) is 4.31. The molecule has 9 rings (SSSR count). The van der Waals surface area contributed by atoms with Crippen molar-refractivity contribution in [3.8, 4) is 68.2 Å². The molecule has 0 bridgehead atoms. The highest BCUT2D eigenvalue weighted by Crippen LogP contribution is 2.40. The molecule has 5 nitrogen and oxygen atoms in total. The molecule has 0 saturated heterocycles. The molecular weight excluding hydrogens is 647 g/mol. The van der Waals surface area contributed by atoms with Crippen LogP contribution in [0.2, 0.25) is 0 Å². The molecule has 0 radical (unpaired) electrons. The number of fused-ring (bicyclic) bond motifs is 3. The molecule has 2 heterocycles. The average Bonchev–Trinajstić information content (AvgIpc) is 3.54. The lowest BCUT2D eigenvalue weighted by molar-refractivity contribution is 1.06. The third-order valence-electron chi connectivity index (χ3n) is 9.87. The number of rotatable bonds is 6. The molecule has 0 saturated carbocycles. The highest BCUT2D eigenvalue weighted by molar-refractivity contribution is 6.11. The van der Waals surface area contributed by atoms with E-state index in [1.807, 2.05) is 84.9 Å². The smallest absolute Gasteiger partial charge is 0.166 e. The molecule has 0 amide bonds. The second-order valence-corrected chi connectivity index (χ2v) is 13.4. The monoisotopic (exact) mass is 679 g/mol. The third-order valence-corrected chi connectivity index (χ3v) is 9.87. The van der Waals surface area contributed by atoms with E-state index in [1.54, 1.807) is 0 Å². The van der Waals surface area contributed by atoms with Crippen LogP contribution in [0.1, 0.15) is 16.7 Å². The topological polar surface area (TPSA) is 67.4 Å². The molecule has 0 aliphatic carbocycles. The zero-order chi connectivity index (χ0) is 35.9. The summed E-state index contributed by atoms with van der Waals surface area (Å²) in [5.41, 5.74) is 13.1. The first-order valence-electron chi connectivity index (χ1n) is 17.7. The van der Waals surface area contributed by atoms with E-state index in [-0.39, 0.29) is 0 Å². The van der Waals surface area contributed by atoms with Crippen molar-refractivity contribution in [3.05, 3.63) is 180 Å². The summed E-state index contributed by atoms with van der Waals surface area (Å²) in [5, 5.41) is 12.1. The number of aromatic nitrogens is 4. The van der Waals surface area contributed by atoms with Crippen LogP contribution < -0.4 is 0 Å². The van der Waals surface area contributed by atoms with E-state index in [2.05, 4.69) is 103 Å². The lowest BCUT2D eigenvalue weighted by Crippen LogP contribution is -2.04. The molecule has 0 unspecified atom stereocenters. The average molecular weight is 680 g/mol. The molecule has 0 aliphatic heterocycles. The van der Waals surface area contributed by atoms with Crippen molar-refractivity contribution in [1.29, 1.82) is 5.26 Å². The zero-order valence-electron chi connectivity index (χ0n) is 29.3. The number of hydrogen-bond acceptors (Lipinski definition) is 4. The Bertz CT molecular complexity index is 2810. The fourth-order valence-electron chi connectivity index (χ4n) is 7.32. The van der Waals surface area contributed by atoms with Crippen molar-refractivity contribution in [2.45, 2.75) is 13.8 Å². The van der Waals surface area contributed by atoms with Crippen LogP contribution in [0.25, 0.3) is 83.9 Å². The SMILES string of the molecule is Cc1ccc(-c2ccc3c4ccccc4n(-c4cc(-c5cccc(C#N)c5)ccc4-c4nc(-c5ccccc5)nc(-c5ccccc5)n4)c3c2)c(C)c1. The van der Waals surface area contributed by atoms with Gasteiger partial charge in [0.2, 0.25) is 0 Å². The van der Waals surface area contributed by atoms with Gasteiger partial charge in [-0.1, -0.05) is 133 Å². The minimum Gasteiger partial charge on any atom is -0.308 e. The van der Waals surface area contributed by atoms with Crippen molar-refractivity contribution in [2.24, 2.45) is 0 Å². The van der Waals surface area contributed by atoms with Gasteiger partial charge in [0.15, 0.2) is 17.5 Å². The van der Waals surface area contributed by atoms with Crippen molar-refractivity contribution in [1.82, 2.24) is 19.5 Å². The van der Waals surface area contributed by atoms with E-state index < -0.39 is 0 Å². The Morgan fingerprint density at radius 3 is 1.77 bits per heavy atom. The van der Waals surface area contributed by atoms with Crippen LogP contribution >= 0.6 is 0 Å². The zero-order valence-corrected chi connectivity index (χ0v) is 29.3. The fraction of sp³-hybridized carbons (Fsp3) is 0.0417. The second-order valence-electron chi connectivity index (χ2n) is 13.4. The summed E-state index contributed by atoms with van der Waals surface area (Å²) in [6.07, 6.45) is 0. The molecule has 5 heteroatoms. The maximum atomic E-state index is 9.76. The standard InChI is InChI=1S/C48H33N5/c1-31-20-23-39(32(2)26-31)38-22-24-41-40-18-9-10-19-43(40)53(44(41)29-38)45-28-37(36-17-11-12-33(27-36)30-49)21-25-42(45)48-51-46(34-13-5-3-6-14-34)50-47(52-48)35-15-7-4-8-16-35/h3-29H,1-2H3. The predicted molar refractivity (Wildman–Crippen MR) is 216 cm³/mol. The van der Waals surface area contributed by atoms with Crippen molar-refractivity contribution >= 4 is 21.8 Å². The number of nitrogens with zero attached hydrogens (tertiary/aromatic N) is 5. The Morgan fingerprint density at radius 1 is 0.453 bits per heavy atom. The molecule has 0 fully saturated rings. The van der Waals surface area contributed by atoms with E-state index in [0.29, 0.717) is 23.0 Å². The van der Waals surface area contributed by atoms with Gasteiger partial charge in [-0.25, -0.2) is 15.0 Å². The lowest BCUT2D eigenvalue weighted by atomic mass is 9.97. The maximum Gasteiger partial charge on any atom is 0.166 e. The van der Waals surface area contributed by atoms with Gasteiger partial charge in [0.25, 0.3) is 0 Å². The minimum absolute atomic E-state index is 0.571. The highest BCUT2D eigenvalue weighted by atomic mass is 15.1. The lowest BCUT2D eigenvalue weighted by Gasteiger charge is -2.17. The number of aryl methyl sites for hydroxylation is 2. The molecule has 9 aromatic rings. The number of para-hydroxylation sites is 1. The first-order valence-corrected chi connectivity index (χ1v) is 17.7. The molecular formula is C48H33N5. The van der Waals surface area contributed by atoms with Crippen LogP contribution in [0.4, 0.5) is 0 Å². The molecule has 53 heavy (non-hydrogen) atoms. The Kier molecular flexibility index (Phi) is 7.91. The van der Waals surface area contributed by atoms with Gasteiger partial charge in [0.1, 0.15) is 0 Å². The minimum atomic E-state index is 0.571. The number of hydrogen-bond donors (Lipinski definition) is 0. The summed E-state index contributed by atoms with van der Waals surface area (Å²) in [6, 6.07) is 58.5. The Morgan fingerprint density at radius 2 is 1.06 bits per heavy atom. The Labute approximate surface area is 308 Å². The number of benzene rings is 7. The summed E-state index contributed by atoms with van der Waals surface area (Å²) < 4.78 is 2.35. The van der Waals surface area contributed by atoms with Gasteiger partial charge in [-0.2, -0.15) is 5.26 Å². The van der Waals surface area contributed by atoms with Gasteiger partial charge in [0, 0.05) is 27.5 Å². The van der Waals surface area contributed by atoms with Crippen molar-refractivity contribution in [3.63, 3.8) is 0 Å². The molecule has 7 aromatic carbocycles. The van der Waals surface area contributed by atoms with E-state index in [9.17, 15) is 5.26 Å². The molecule has 0 N–H and O–H groups in total. The van der Waals surface area contributed by atoms with Gasteiger partial charge in [-0.3, -0.25) is 0 Å². The first-order chi connectivity index (χ1) is 26.0. The summed E-state index contributed by atoms with van der Waals surface area (Å²) in [4.78, 5) is 15.3. The highest BCUT2D eigenvalue weighted by Gasteiger charge is 2.21. The quantitative estimate of drug-likeness (QED) is 0.175. The van der Waals surface area contributed by atoms with Crippen LogP contribution in [-0.4, -0.2) is 19.5 Å². The molecule has 250 valence electrons. The normalized spacial score (nSPS) is 11.2. The van der Waals surface area contributed by atoms with Crippen LogP contribution in [-0.2, 0) is 0 Å². The van der Waals surface area contributed by atoms with E-state index in [1.165, 1.54) is 16.7 Å². The molecule has 0 atom stereocenters. The molecule has 0 spiro atoms. The number of nitriles is 1. The maximum absolute atomic E-state index is 9.76. The summed E-state index contributed by atoms with van der Waals surface area (Å²) in [7, 11) is 0. The Balaban J connectivity index is 1.37. The van der Waals surface area contributed by atoms with Crippen LogP contribution in [0.5, 0.6) is 0 Å². The van der Waals surface area contributed by atoms with Gasteiger partial charge in [-0.15, -0.1) is 0 Å². The van der Waals surface area contributed by atoms with Crippen LogP contribution in [0.3, 0.4) is 0 Å². The second kappa shape index (κ2) is 13.2. The third kappa shape index (κ3) is 5.83. The van der Waals surface area contributed by atoms with Crippen LogP contribution in [0.15, 0.2) is 164 Å². The van der Waals surface area contributed by atoms with Gasteiger partial charge in [0.05, 0.1) is 28.4 Å². The Hall–Kier alpha value is -7.16. The first kappa shape index (κ1) is 31.8. The van der Waals surface area contributed by atoms with Crippen molar-refractivity contribution < 1.29 is 0 Å².